The van der Waals surface area contributed by atoms with Crippen LogP contribution in [0, 0.1) is 0 Å². The van der Waals surface area contributed by atoms with Crippen LogP contribution in [0.5, 0.6) is 5.75 Å². The van der Waals surface area contributed by atoms with Crippen molar-refractivity contribution in [3.8, 4) is 11.4 Å². The third-order valence-corrected chi connectivity index (χ3v) is 5.11. The van der Waals surface area contributed by atoms with Crippen LogP contribution in [0.1, 0.15) is 46.2 Å². The first-order valence-corrected chi connectivity index (χ1v) is 11.1. The smallest absolute Gasteiger partial charge is 0.191 e. The molecule has 0 spiro atoms. The summed E-state index contributed by atoms with van der Waals surface area (Å²) in [7, 11) is 1.67. The predicted octanol–water partition coefficient (Wildman–Crippen LogP) is 3.45. The lowest BCUT2D eigenvalue weighted by atomic mass is 10.2. The predicted molar refractivity (Wildman–Crippen MR) is 125 cm³/mol. The van der Waals surface area contributed by atoms with Crippen LogP contribution in [0.15, 0.2) is 41.5 Å². The van der Waals surface area contributed by atoms with E-state index in [4.69, 9.17) is 9.73 Å². The molecular weight excluding hydrogens is 376 g/mol. The molecule has 0 aliphatic rings. The molecule has 166 valence electrons. The highest BCUT2D eigenvalue weighted by Crippen LogP contribution is 2.14. The SMILES string of the molecule is CCNC(=NCc1ccn(-c2ccc(OC)cc2)n1)NC(C)CCCN(CC)CC. The fourth-order valence-corrected chi connectivity index (χ4v) is 3.27. The molecule has 7 nitrogen and oxygen atoms in total. The summed E-state index contributed by atoms with van der Waals surface area (Å²) in [6.07, 6.45) is 4.26. The van der Waals surface area contributed by atoms with Crippen molar-refractivity contribution < 1.29 is 4.74 Å². The Hall–Kier alpha value is -2.54. The quantitative estimate of drug-likeness (QED) is 0.411. The van der Waals surface area contributed by atoms with Crippen molar-refractivity contribution in [3.05, 3.63) is 42.2 Å². The van der Waals surface area contributed by atoms with Gasteiger partial charge in [-0.2, -0.15) is 5.10 Å². The Kier molecular flexibility index (Phi) is 10.2. The largest absolute Gasteiger partial charge is 0.497 e. The van der Waals surface area contributed by atoms with Gasteiger partial charge >= 0.3 is 0 Å². The number of ether oxygens (including phenoxy) is 1. The second-order valence-electron chi connectivity index (χ2n) is 7.36. The molecule has 0 saturated carbocycles. The van der Waals surface area contributed by atoms with Gasteiger partial charge in [0.2, 0.25) is 0 Å². The number of aromatic nitrogens is 2. The Labute approximate surface area is 181 Å². The molecule has 1 heterocycles. The molecule has 0 saturated heterocycles. The van der Waals surface area contributed by atoms with E-state index < -0.39 is 0 Å². The number of guanidine groups is 1. The molecule has 0 fully saturated rings. The lowest BCUT2D eigenvalue weighted by Crippen LogP contribution is -2.42. The molecule has 1 atom stereocenters. The van der Waals surface area contributed by atoms with Crippen LogP contribution >= 0.6 is 0 Å². The Morgan fingerprint density at radius 3 is 2.53 bits per heavy atom. The second-order valence-corrected chi connectivity index (χ2v) is 7.36. The van der Waals surface area contributed by atoms with Gasteiger partial charge in [-0.1, -0.05) is 13.8 Å². The maximum Gasteiger partial charge on any atom is 0.191 e. The molecule has 1 aromatic heterocycles. The van der Waals surface area contributed by atoms with Crippen LogP contribution in [0.25, 0.3) is 5.69 Å². The van der Waals surface area contributed by atoms with Gasteiger partial charge < -0.3 is 20.3 Å². The van der Waals surface area contributed by atoms with Crippen molar-refractivity contribution in [1.82, 2.24) is 25.3 Å². The van der Waals surface area contributed by atoms with Crippen molar-refractivity contribution in [2.45, 2.75) is 53.1 Å². The topological polar surface area (TPSA) is 66.7 Å². The molecule has 2 aromatic rings. The number of benzene rings is 1. The molecule has 1 unspecified atom stereocenters. The van der Waals surface area contributed by atoms with Crippen LogP contribution < -0.4 is 15.4 Å². The third kappa shape index (κ3) is 7.71. The highest BCUT2D eigenvalue weighted by atomic mass is 16.5. The summed E-state index contributed by atoms with van der Waals surface area (Å²) in [6, 6.07) is 10.2. The molecule has 0 amide bonds. The Morgan fingerprint density at radius 2 is 1.90 bits per heavy atom. The van der Waals surface area contributed by atoms with Crippen LogP contribution in [-0.4, -0.2) is 60.0 Å². The third-order valence-electron chi connectivity index (χ3n) is 5.11. The average Bonchev–Trinajstić information content (AvgIpc) is 3.24. The zero-order valence-electron chi connectivity index (χ0n) is 19.2. The van der Waals surface area contributed by atoms with E-state index in [1.165, 1.54) is 6.42 Å². The fourth-order valence-electron chi connectivity index (χ4n) is 3.27. The molecule has 30 heavy (non-hydrogen) atoms. The number of nitrogens with zero attached hydrogens (tertiary/aromatic N) is 4. The van der Waals surface area contributed by atoms with E-state index in [-0.39, 0.29) is 0 Å². The minimum Gasteiger partial charge on any atom is -0.497 e. The van der Waals surface area contributed by atoms with Crippen LogP contribution in [0.3, 0.4) is 0 Å². The number of methoxy groups -OCH3 is 1. The summed E-state index contributed by atoms with van der Waals surface area (Å²) in [4.78, 5) is 7.19. The van der Waals surface area contributed by atoms with E-state index in [9.17, 15) is 0 Å². The van der Waals surface area contributed by atoms with Crippen LogP contribution in [0.4, 0.5) is 0 Å². The van der Waals surface area contributed by atoms with Gasteiger partial charge in [-0.15, -0.1) is 0 Å². The first-order chi connectivity index (χ1) is 14.6. The molecule has 2 N–H and O–H groups in total. The zero-order chi connectivity index (χ0) is 21.8. The summed E-state index contributed by atoms with van der Waals surface area (Å²) >= 11 is 0. The normalized spacial score (nSPS) is 12.8. The monoisotopic (exact) mass is 414 g/mol. The van der Waals surface area contributed by atoms with E-state index in [0.717, 1.165) is 55.7 Å². The van der Waals surface area contributed by atoms with Crippen molar-refractivity contribution in [2.75, 3.05) is 33.3 Å². The van der Waals surface area contributed by atoms with E-state index in [1.54, 1.807) is 7.11 Å². The first-order valence-electron chi connectivity index (χ1n) is 11.1. The summed E-state index contributed by atoms with van der Waals surface area (Å²) in [5.74, 6) is 1.68. The molecule has 0 aliphatic heterocycles. The number of aliphatic imine (C=N–C) groups is 1. The first kappa shape index (κ1) is 23.7. The molecule has 0 radical (unpaired) electrons. The maximum absolute atomic E-state index is 5.21. The van der Waals surface area contributed by atoms with Crippen molar-refractivity contribution in [3.63, 3.8) is 0 Å². The van der Waals surface area contributed by atoms with Gasteiger partial charge in [-0.05, 0) is 76.7 Å². The highest BCUT2D eigenvalue weighted by molar-refractivity contribution is 5.80. The fraction of sp³-hybridized carbons (Fsp3) is 0.565. The van der Waals surface area contributed by atoms with Gasteiger partial charge in [-0.25, -0.2) is 9.67 Å². The van der Waals surface area contributed by atoms with E-state index >= 15 is 0 Å². The van der Waals surface area contributed by atoms with Crippen LogP contribution in [0.2, 0.25) is 0 Å². The average molecular weight is 415 g/mol. The Balaban J connectivity index is 1.90. The Bertz CT molecular complexity index is 751. The van der Waals surface area contributed by atoms with Gasteiger partial charge in [0.25, 0.3) is 0 Å². The molecule has 7 heteroatoms. The summed E-state index contributed by atoms with van der Waals surface area (Å²) in [5, 5.41) is 11.5. The number of hydrogen-bond donors (Lipinski definition) is 2. The van der Waals surface area contributed by atoms with Gasteiger partial charge in [0, 0.05) is 18.8 Å². The summed E-state index contributed by atoms with van der Waals surface area (Å²) in [5.41, 5.74) is 1.93. The van der Waals surface area contributed by atoms with Gasteiger partial charge in [0.05, 0.1) is 25.0 Å². The number of rotatable bonds is 12. The van der Waals surface area contributed by atoms with Crippen molar-refractivity contribution in [2.24, 2.45) is 4.99 Å². The second kappa shape index (κ2) is 12.9. The Morgan fingerprint density at radius 1 is 1.17 bits per heavy atom. The van der Waals surface area contributed by atoms with Crippen LogP contribution in [-0.2, 0) is 6.54 Å². The minimum atomic E-state index is 0.371. The minimum absolute atomic E-state index is 0.371. The van der Waals surface area contributed by atoms with Gasteiger partial charge in [0.1, 0.15) is 5.75 Å². The standard InChI is InChI=1S/C23H38N6O/c1-6-24-23(26-19(4)10-9-16-28(7-2)8-3)25-18-20-15-17-29(27-20)21-11-13-22(30-5)14-12-21/h11-15,17,19H,6-10,16,18H2,1-5H3,(H2,24,25,26). The molecule has 2 rings (SSSR count). The molecular formula is C23H38N6O. The number of hydrogen-bond acceptors (Lipinski definition) is 4. The zero-order valence-corrected chi connectivity index (χ0v) is 19.2. The van der Waals surface area contributed by atoms with Gasteiger partial charge in [0.15, 0.2) is 5.96 Å². The lowest BCUT2D eigenvalue weighted by molar-refractivity contribution is 0.292. The van der Waals surface area contributed by atoms with Crippen molar-refractivity contribution >= 4 is 5.96 Å². The highest BCUT2D eigenvalue weighted by Gasteiger charge is 2.07. The van der Waals surface area contributed by atoms with Gasteiger partial charge in [-0.3, -0.25) is 0 Å². The summed E-state index contributed by atoms with van der Waals surface area (Å²) < 4.78 is 7.08. The van der Waals surface area contributed by atoms with Crippen molar-refractivity contribution in [1.29, 1.82) is 0 Å². The molecule has 1 aromatic carbocycles. The maximum atomic E-state index is 5.21. The molecule has 0 bridgehead atoms. The summed E-state index contributed by atoms with van der Waals surface area (Å²) in [6.45, 7) is 13.5. The van der Waals surface area contributed by atoms with E-state index in [1.807, 2.05) is 41.2 Å². The molecule has 0 aliphatic carbocycles. The van der Waals surface area contributed by atoms with E-state index in [2.05, 4.69) is 48.3 Å². The van der Waals surface area contributed by atoms with E-state index in [0.29, 0.717) is 12.6 Å². The number of nitrogens with one attached hydrogen (secondary N) is 2. The lowest BCUT2D eigenvalue weighted by Gasteiger charge is -2.21.